The molecule has 24 heavy (non-hydrogen) atoms. The predicted octanol–water partition coefficient (Wildman–Crippen LogP) is 1.62. The Labute approximate surface area is 147 Å². The number of benzene rings is 1. The highest BCUT2D eigenvalue weighted by Gasteiger charge is 2.72. The van der Waals surface area contributed by atoms with Crippen molar-refractivity contribution in [2.75, 3.05) is 25.8 Å². The van der Waals surface area contributed by atoms with Gasteiger partial charge in [0.25, 0.3) is 0 Å². The first kappa shape index (κ1) is 17.4. The summed E-state index contributed by atoms with van der Waals surface area (Å²) in [6, 6.07) is 5.45. The molecule has 3 rings (SSSR count). The maximum atomic E-state index is 12.6. The highest BCUT2D eigenvalue weighted by atomic mass is 32.2. The molecule has 132 valence electrons. The first-order chi connectivity index (χ1) is 11.4. The van der Waals surface area contributed by atoms with Gasteiger partial charge in [0.15, 0.2) is 21.3 Å². The topological polar surface area (TPSA) is 87.8 Å². The van der Waals surface area contributed by atoms with Crippen LogP contribution in [0.2, 0.25) is 0 Å². The normalized spacial score (nSPS) is 27.9. The lowest BCUT2D eigenvalue weighted by Gasteiger charge is -2.16. The molecule has 0 bridgehead atoms. The van der Waals surface area contributed by atoms with Crippen molar-refractivity contribution in [2.24, 2.45) is 11.1 Å². The molecule has 0 radical (unpaired) electrons. The summed E-state index contributed by atoms with van der Waals surface area (Å²) in [6.07, 6.45) is 0. The molecule has 1 saturated carbocycles. The van der Waals surface area contributed by atoms with Crippen LogP contribution in [0.1, 0.15) is 25.3 Å². The molecule has 2 N–H and O–H groups in total. The maximum absolute atomic E-state index is 12.6. The molecule has 1 aromatic rings. The van der Waals surface area contributed by atoms with E-state index >= 15 is 0 Å². The Bertz CT molecular complexity index is 764. The van der Waals surface area contributed by atoms with Gasteiger partial charge >= 0.3 is 0 Å². The second kappa shape index (κ2) is 6.16. The van der Waals surface area contributed by atoms with Crippen LogP contribution in [-0.2, 0) is 14.6 Å². The molecule has 1 heterocycles. The lowest BCUT2D eigenvalue weighted by atomic mass is 9.99. The number of fused-ring (bicyclic) bond motifs is 1. The van der Waals surface area contributed by atoms with Gasteiger partial charge in [-0.05, 0) is 24.6 Å². The van der Waals surface area contributed by atoms with Crippen molar-refractivity contribution in [1.29, 1.82) is 0 Å². The van der Waals surface area contributed by atoms with Crippen LogP contribution in [0.3, 0.4) is 0 Å². The van der Waals surface area contributed by atoms with Gasteiger partial charge in [0.1, 0.15) is 0 Å². The standard InChI is InChI=1S/C16H21NO5S2/c1-3-20-8-16(15(17)23)13(14(16)24(18,19)4-2)10-5-6-11-12(7-10)22-9-21-11/h5-7,13-14H,3-4,8-9H2,1-2H3,(H2,17,23)/t13-,14+,16+/m1/s1. The van der Waals surface area contributed by atoms with Crippen LogP contribution >= 0.6 is 12.2 Å². The van der Waals surface area contributed by atoms with E-state index in [0.29, 0.717) is 18.1 Å². The number of thiocarbonyl (C=S) groups is 1. The fourth-order valence-corrected chi connectivity index (χ4v) is 5.96. The van der Waals surface area contributed by atoms with Gasteiger partial charge in [-0.1, -0.05) is 25.2 Å². The first-order valence-electron chi connectivity index (χ1n) is 7.87. The molecule has 1 aliphatic carbocycles. The molecular weight excluding hydrogens is 350 g/mol. The van der Waals surface area contributed by atoms with E-state index in [1.165, 1.54) is 0 Å². The van der Waals surface area contributed by atoms with Crippen LogP contribution in [0, 0.1) is 5.41 Å². The van der Waals surface area contributed by atoms with Crippen LogP contribution in [0.15, 0.2) is 18.2 Å². The van der Waals surface area contributed by atoms with Gasteiger partial charge in [-0.15, -0.1) is 0 Å². The zero-order valence-corrected chi connectivity index (χ0v) is 15.3. The fraction of sp³-hybridized carbons (Fsp3) is 0.562. The highest BCUT2D eigenvalue weighted by Crippen LogP contribution is 2.64. The molecule has 1 aliphatic heterocycles. The number of ether oxygens (including phenoxy) is 3. The lowest BCUT2D eigenvalue weighted by molar-refractivity contribution is 0.121. The van der Waals surface area contributed by atoms with E-state index in [0.717, 1.165) is 5.56 Å². The van der Waals surface area contributed by atoms with Crippen LogP contribution in [0.25, 0.3) is 0 Å². The third kappa shape index (κ3) is 2.57. The highest BCUT2D eigenvalue weighted by molar-refractivity contribution is 7.92. The second-order valence-electron chi connectivity index (χ2n) is 6.00. The molecule has 2 aliphatic rings. The van der Waals surface area contributed by atoms with E-state index in [9.17, 15) is 8.42 Å². The van der Waals surface area contributed by atoms with Crippen molar-refractivity contribution in [1.82, 2.24) is 0 Å². The zero-order valence-electron chi connectivity index (χ0n) is 13.7. The summed E-state index contributed by atoms with van der Waals surface area (Å²) in [5, 5.41) is -0.667. The molecule has 1 fully saturated rings. The SMILES string of the molecule is CCOC[C@]1(C(N)=S)[C@H](c2ccc3c(c2)OCO3)[C@@H]1S(=O)(=O)CC. The Kier molecular flexibility index (Phi) is 4.48. The summed E-state index contributed by atoms with van der Waals surface area (Å²) in [5.41, 5.74) is 5.95. The maximum Gasteiger partial charge on any atom is 0.231 e. The number of rotatable bonds is 7. The van der Waals surface area contributed by atoms with Gasteiger partial charge in [0.05, 0.1) is 22.3 Å². The van der Waals surface area contributed by atoms with Crippen molar-refractivity contribution < 1.29 is 22.6 Å². The zero-order chi connectivity index (χ0) is 17.5. The lowest BCUT2D eigenvalue weighted by Crippen LogP contribution is -2.34. The van der Waals surface area contributed by atoms with Crippen LogP contribution < -0.4 is 15.2 Å². The molecule has 0 unspecified atom stereocenters. The molecule has 8 heteroatoms. The second-order valence-corrected chi connectivity index (χ2v) is 8.86. The Morgan fingerprint density at radius 3 is 2.71 bits per heavy atom. The van der Waals surface area contributed by atoms with Gasteiger partial charge in [-0.25, -0.2) is 8.42 Å². The largest absolute Gasteiger partial charge is 0.454 e. The Balaban J connectivity index is 2.04. The van der Waals surface area contributed by atoms with E-state index in [-0.39, 0.29) is 30.1 Å². The van der Waals surface area contributed by atoms with Crippen molar-refractivity contribution in [3.8, 4) is 11.5 Å². The molecule has 0 spiro atoms. The van der Waals surface area contributed by atoms with E-state index < -0.39 is 20.5 Å². The van der Waals surface area contributed by atoms with Gasteiger partial charge in [0, 0.05) is 18.3 Å². The number of hydrogen-bond donors (Lipinski definition) is 1. The molecule has 6 nitrogen and oxygen atoms in total. The minimum absolute atomic E-state index is 0.0369. The summed E-state index contributed by atoms with van der Waals surface area (Å²) in [6.45, 7) is 4.32. The summed E-state index contributed by atoms with van der Waals surface area (Å²) < 4.78 is 41.5. The summed E-state index contributed by atoms with van der Waals surface area (Å²) in [5.74, 6) is 0.969. The smallest absolute Gasteiger partial charge is 0.231 e. The molecule has 3 atom stereocenters. The van der Waals surface area contributed by atoms with Crippen LogP contribution in [-0.4, -0.2) is 44.4 Å². The summed E-state index contributed by atoms with van der Waals surface area (Å²) in [7, 11) is -3.34. The van der Waals surface area contributed by atoms with Gasteiger partial charge < -0.3 is 19.9 Å². The Hall–Kier alpha value is -1.38. The van der Waals surface area contributed by atoms with E-state index in [4.69, 9.17) is 32.2 Å². The summed E-state index contributed by atoms with van der Waals surface area (Å²) in [4.78, 5) is 0.181. The van der Waals surface area contributed by atoms with E-state index in [1.807, 2.05) is 19.1 Å². The molecule has 0 amide bonds. The van der Waals surface area contributed by atoms with Crippen molar-refractivity contribution in [2.45, 2.75) is 25.0 Å². The van der Waals surface area contributed by atoms with Crippen molar-refractivity contribution in [3.05, 3.63) is 23.8 Å². The summed E-state index contributed by atoms with van der Waals surface area (Å²) >= 11 is 5.26. The van der Waals surface area contributed by atoms with Crippen LogP contribution in [0.5, 0.6) is 11.5 Å². The van der Waals surface area contributed by atoms with Crippen molar-refractivity contribution in [3.63, 3.8) is 0 Å². The van der Waals surface area contributed by atoms with Crippen LogP contribution in [0.4, 0.5) is 0 Å². The predicted molar refractivity (Wildman–Crippen MR) is 94.3 cm³/mol. The minimum Gasteiger partial charge on any atom is -0.454 e. The van der Waals surface area contributed by atoms with Gasteiger partial charge in [-0.2, -0.15) is 0 Å². The third-order valence-electron chi connectivity index (χ3n) is 4.81. The quantitative estimate of drug-likeness (QED) is 0.729. The first-order valence-corrected chi connectivity index (χ1v) is 9.99. The Morgan fingerprint density at radius 1 is 1.38 bits per heavy atom. The molecule has 0 aromatic heterocycles. The Morgan fingerprint density at radius 2 is 2.08 bits per heavy atom. The van der Waals surface area contributed by atoms with Gasteiger partial charge in [0.2, 0.25) is 6.79 Å². The average Bonchev–Trinajstić information content (AvgIpc) is 3.04. The molecule has 0 saturated heterocycles. The monoisotopic (exact) mass is 371 g/mol. The third-order valence-corrected chi connectivity index (χ3v) is 7.46. The number of nitrogens with two attached hydrogens (primary N) is 1. The van der Waals surface area contributed by atoms with E-state index in [1.54, 1.807) is 13.0 Å². The molecular formula is C16H21NO5S2. The van der Waals surface area contributed by atoms with E-state index in [2.05, 4.69) is 0 Å². The fourth-order valence-electron chi connectivity index (χ4n) is 3.50. The number of hydrogen-bond acceptors (Lipinski definition) is 6. The average molecular weight is 371 g/mol. The van der Waals surface area contributed by atoms with Crippen molar-refractivity contribution >= 4 is 27.0 Å². The van der Waals surface area contributed by atoms with Gasteiger partial charge in [-0.3, -0.25) is 0 Å². The minimum atomic E-state index is -3.34. The number of sulfone groups is 1. The molecule has 1 aromatic carbocycles.